The minimum Gasteiger partial charge on any atom is -0.379 e. The molecule has 27 heavy (non-hydrogen) atoms. The molecule has 1 aliphatic carbocycles. The lowest BCUT2D eigenvalue weighted by Crippen LogP contribution is -2.37. The van der Waals surface area contributed by atoms with E-state index in [1.54, 1.807) is 0 Å². The number of nitrogens with zero attached hydrogens (tertiary/aromatic N) is 5. The minimum absolute atomic E-state index is 0.211. The predicted octanol–water partition coefficient (Wildman–Crippen LogP) is 3.07. The normalized spacial score (nSPS) is 20.9. The number of tetrazole rings is 1. The third-order valence-corrected chi connectivity index (χ3v) is 5.52. The van der Waals surface area contributed by atoms with Gasteiger partial charge in [-0.25, -0.2) is 0 Å². The Labute approximate surface area is 155 Å². The molecule has 0 radical (unpaired) electrons. The van der Waals surface area contributed by atoms with Crippen LogP contribution in [0, 0.1) is 5.41 Å². The van der Waals surface area contributed by atoms with Gasteiger partial charge in [-0.2, -0.15) is 17.9 Å². The van der Waals surface area contributed by atoms with Gasteiger partial charge < -0.3 is 4.74 Å². The van der Waals surface area contributed by atoms with E-state index < -0.39 is 11.7 Å². The molecule has 1 spiro atoms. The Kier molecular flexibility index (Phi) is 4.90. The lowest BCUT2D eigenvalue weighted by atomic mass is 9.87. The van der Waals surface area contributed by atoms with Crippen LogP contribution >= 0.6 is 0 Å². The fourth-order valence-electron chi connectivity index (χ4n) is 4.14. The highest BCUT2D eigenvalue weighted by Crippen LogP contribution is 2.40. The lowest BCUT2D eigenvalue weighted by molar-refractivity contribution is -0.137. The molecule has 9 heteroatoms. The second-order valence-corrected chi connectivity index (χ2v) is 7.52. The molecule has 6 nitrogen and oxygen atoms in total. The van der Waals surface area contributed by atoms with E-state index in [0.29, 0.717) is 24.7 Å². The van der Waals surface area contributed by atoms with Crippen LogP contribution in [0.25, 0.3) is 5.69 Å². The van der Waals surface area contributed by atoms with Crippen LogP contribution in [0.1, 0.15) is 37.1 Å². The van der Waals surface area contributed by atoms with Gasteiger partial charge in [0.15, 0.2) is 5.82 Å². The Bertz CT molecular complexity index is 768. The summed E-state index contributed by atoms with van der Waals surface area (Å²) >= 11 is 0. The van der Waals surface area contributed by atoms with Crippen LogP contribution in [0.15, 0.2) is 24.3 Å². The Morgan fingerprint density at radius 2 is 1.85 bits per heavy atom. The molecular formula is C18H22F3N5O. The SMILES string of the molecule is FC(F)(F)c1ccc(-n2nnnc2CN2CCOCC3(CCCC3)C2)cc1. The van der Waals surface area contributed by atoms with Gasteiger partial charge in [-0.1, -0.05) is 12.8 Å². The summed E-state index contributed by atoms with van der Waals surface area (Å²) in [6.07, 6.45) is 0.464. The maximum Gasteiger partial charge on any atom is 0.416 e. The zero-order valence-electron chi connectivity index (χ0n) is 15.0. The molecule has 2 aliphatic rings. The van der Waals surface area contributed by atoms with E-state index in [1.807, 2.05) is 0 Å². The van der Waals surface area contributed by atoms with E-state index in [9.17, 15) is 13.2 Å². The van der Waals surface area contributed by atoms with Gasteiger partial charge in [-0.05, 0) is 47.5 Å². The first-order valence-electron chi connectivity index (χ1n) is 9.20. The second-order valence-electron chi connectivity index (χ2n) is 7.52. The number of hydrogen-bond donors (Lipinski definition) is 0. The Balaban J connectivity index is 1.52. The maximum atomic E-state index is 12.8. The van der Waals surface area contributed by atoms with Crippen molar-refractivity contribution in [1.29, 1.82) is 0 Å². The van der Waals surface area contributed by atoms with E-state index in [4.69, 9.17) is 4.74 Å². The molecule has 2 aromatic rings. The summed E-state index contributed by atoms with van der Waals surface area (Å²) in [5.41, 5.74) is 0.0433. The van der Waals surface area contributed by atoms with Crippen molar-refractivity contribution in [3.05, 3.63) is 35.7 Å². The van der Waals surface area contributed by atoms with E-state index in [0.717, 1.165) is 31.8 Å². The standard InChI is InChI=1S/C18H22F3N5O/c19-18(20,21)14-3-5-15(6-4-14)26-16(22-23-24-26)11-25-9-10-27-13-17(12-25)7-1-2-8-17/h3-6H,1-2,7-13H2. The van der Waals surface area contributed by atoms with Crippen molar-refractivity contribution in [3.8, 4) is 5.69 Å². The molecule has 0 N–H and O–H groups in total. The van der Waals surface area contributed by atoms with Gasteiger partial charge in [0.25, 0.3) is 0 Å². The third kappa shape index (κ3) is 3.98. The van der Waals surface area contributed by atoms with Crippen LogP contribution in [0.3, 0.4) is 0 Å². The fourth-order valence-corrected chi connectivity index (χ4v) is 4.14. The number of ether oxygens (including phenoxy) is 1. The molecule has 1 saturated carbocycles. The Morgan fingerprint density at radius 1 is 1.11 bits per heavy atom. The largest absolute Gasteiger partial charge is 0.416 e. The molecule has 146 valence electrons. The molecule has 2 fully saturated rings. The monoisotopic (exact) mass is 381 g/mol. The highest BCUT2D eigenvalue weighted by Gasteiger charge is 2.37. The molecule has 0 atom stereocenters. The zero-order valence-corrected chi connectivity index (χ0v) is 15.0. The second kappa shape index (κ2) is 7.20. The summed E-state index contributed by atoms with van der Waals surface area (Å²) < 4.78 is 45.6. The van der Waals surface area contributed by atoms with Gasteiger partial charge in [0.1, 0.15) is 0 Å². The Morgan fingerprint density at radius 3 is 2.56 bits per heavy atom. The van der Waals surface area contributed by atoms with E-state index >= 15 is 0 Å². The predicted molar refractivity (Wildman–Crippen MR) is 91.2 cm³/mol. The third-order valence-electron chi connectivity index (χ3n) is 5.52. The van der Waals surface area contributed by atoms with Crippen molar-refractivity contribution in [2.45, 2.75) is 38.4 Å². The molecule has 1 aromatic heterocycles. The summed E-state index contributed by atoms with van der Waals surface area (Å²) in [6, 6.07) is 4.89. The topological polar surface area (TPSA) is 56.1 Å². The lowest BCUT2D eigenvalue weighted by Gasteiger charge is -2.31. The summed E-state index contributed by atoms with van der Waals surface area (Å²) in [7, 11) is 0. The maximum absolute atomic E-state index is 12.8. The van der Waals surface area contributed by atoms with Crippen molar-refractivity contribution in [1.82, 2.24) is 25.1 Å². The number of aromatic nitrogens is 4. The first kappa shape index (κ1) is 18.4. The van der Waals surface area contributed by atoms with Crippen molar-refractivity contribution in [3.63, 3.8) is 0 Å². The van der Waals surface area contributed by atoms with E-state index in [-0.39, 0.29) is 5.41 Å². The van der Waals surface area contributed by atoms with Gasteiger partial charge in [-0.15, -0.1) is 5.10 Å². The first-order chi connectivity index (χ1) is 13.0. The van der Waals surface area contributed by atoms with Gasteiger partial charge in [0.2, 0.25) is 0 Å². The van der Waals surface area contributed by atoms with Gasteiger partial charge in [0.05, 0.1) is 31.0 Å². The fraction of sp³-hybridized carbons (Fsp3) is 0.611. The molecule has 1 aliphatic heterocycles. The number of hydrogen-bond acceptors (Lipinski definition) is 5. The van der Waals surface area contributed by atoms with Crippen LogP contribution in [0.4, 0.5) is 13.2 Å². The summed E-state index contributed by atoms with van der Waals surface area (Å²) in [4.78, 5) is 2.30. The van der Waals surface area contributed by atoms with Crippen molar-refractivity contribution < 1.29 is 17.9 Å². The number of rotatable bonds is 3. The van der Waals surface area contributed by atoms with Crippen LogP contribution in [0.2, 0.25) is 0 Å². The average Bonchev–Trinajstić information content (AvgIpc) is 3.23. The number of halogens is 3. The van der Waals surface area contributed by atoms with Gasteiger partial charge in [-0.3, -0.25) is 4.90 Å². The summed E-state index contributed by atoms with van der Waals surface area (Å²) in [5.74, 6) is 0.616. The molecule has 1 saturated heterocycles. The van der Waals surface area contributed by atoms with E-state index in [1.165, 1.54) is 42.5 Å². The van der Waals surface area contributed by atoms with Crippen molar-refractivity contribution >= 4 is 0 Å². The molecule has 0 bridgehead atoms. The minimum atomic E-state index is -4.36. The summed E-state index contributed by atoms with van der Waals surface area (Å²) in [6.45, 7) is 3.74. The van der Waals surface area contributed by atoms with E-state index in [2.05, 4.69) is 20.4 Å². The average molecular weight is 381 g/mol. The highest BCUT2D eigenvalue weighted by atomic mass is 19.4. The van der Waals surface area contributed by atoms with Crippen LogP contribution < -0.4 is 0 Å². The first-order valence-corrected chi connectivity index (χ1v) is 9.20. The molecule has 1 aromatic carbocycles. The Hall–Kier alpha value is -2.00. The van der Waals surface area contributed by atoms with Crippen LogP contribution in [-0.4, -0.2) is 51.4 Å². The highest BCUT2D eigenvalue weighted by molar-refractivity contribution is 5.35. The smallest absolute Gasteiger partial charge is 0.379 e. The van der Waals surface area contributed by atoms with Gasteiger partial charge >= 0.3 is 6.18 Å². The van der Waals surface area contributed by atoms with Crippen LogP contribution in [0.5, 0.6) is 0 Å². The van der Waals surface area contributed by atoms with Crippen LogP contribution in [-0.2, 0) is 17.5 Å². The molecule has 2 heterocycles. The number of benzene rings is 1. The quantitative estimate of drug-likeness (QED) is 0.818. The molecule has 4 rings (SSSR count). The molecular weight excluding hydrogens is 359 g/mol. The molecule has 0 amide bonds. The molecule has 0 unspecified atom stereocenters. The zero-order chi connectivity index (χ0) is 18.9. The van der Waals surface area contributed by atoms with Crippen molar-refractivity contribution in [2.75, 3.05) is 26.3 Å². The van der Waals surface area contributed by atoms with Gasteiger partial charge in [0, 0.05) is 18.5 Å². The number of alkyl halides is 3. The van der Waals surface area contributed by atoms with Crippen molar-refractivity contribution in [2.24, 2.45) is 5.41 Å². The summed E-state index contributed by atoms with van der Waals surface area (Å²) in [5, 5.41) is 11.8.